The molecule has 2 aromatic carbocycles. The number of aromatic hydroxyl groups is 1. The highest BCUT2D eigenvalue weighted by atomic mass is 32.2. The van der Waals surface area contributed by atoms with E-state index in [1.54, 1.807) is 25.1 Å². The van der Waals surface area contributed by atoms with Gasteiger partial charge < -0.3 is 44.9 Å². The molecule has 1 aliphatic heterocycles. The van der Waals surface area contributed by atoms with E-state index < -0.39 is 11.8 Å². The first-order valence-electron chi connectivity index (χ1n) is 13.1. The van der Waals surface area contributed by atoms with E-state index in [0.29, 0.717) is 61.7 Å². The number of hydrogen-bond acceptors (Lipinski definition) is 12. The molecular weight excluding hydrogens is 568 g/mol. The predicted octanol–water partition coefficient (Wildman–Crippen LogP) is 3.02. The second-order valence-electron chi connectivity index (χ2n) is 8.16. The van der Waals surface area contributed by atoms with Gasteiger partial charge in [-0.3, -0.25) is 9.59 Å². The van der Waals surface area contributed by atoms with Crippen LogP contribution in [0.1, 0.15) is 12.5 Å². The van der Waals surface area contributed by atoms with Crippen LogP contribution in [-0.2, 0) is 33.3 Å². The number of allylic oxidation sites excluding steroid dienone is 1. The number of phenolic OH excluding ortho intramolecular Hbond substituents is 1. The minimum atomic E-state index is -0.686. The number of para-hydroxylation sites is 1. The molecule has 0 atom stereocenters. The molecule has 0 radical (unpaired) electrons. The number of benzene rings is 2. The minimum Gasteiger partial charge on any atom is -0.504 e. The number of carbonyl (C=O) groups excluding carboxylic acids is 2. The van der Waals surface area contributed by atoms with Crippen LogP contribution in [0.2, 0.25) is 0 Å². The highest BCUT2D eigenvalue weighted by molar-refractivity contribution is 8.08. The van der Waals surface area contributed by atoms with Crippen molar-refractivity contribution < 1.29 is 48.3 Å². The lowest BCUT2D eigenvalue weighted by Gasteiger charge is -2.10. The lowest BCUT2D eigenvalue weighted by atomic mass is 10.1. The lowest BCUT2D eigenvalue weighted by molar-refractivity contribution is -0.139. The zero-order valence-corrected chi connectivity index (χ0v) is 24.1. The number of nitrogens with one attached hydrogen (secondary N) is 1. The summed E-state index contributed by atoms with van der Waals surface area (Å²) in [5, 5.41) is 20.8. The summed E-state index contributed by atoms with van der Waals surface area (Å²) in [7, 11) is 0. The Labute approximate surface area is 248 Å². The van der Waals surface area contributed by atoms with Gasteiger partial charge in [0.05, 0.1) is 56.2 Å². The fraction of sp³-hybridized carbons (Fsp3) is 0.345. The largest absolute Gasteiger partial charge is 0.504 e. The van der Waals surface area contributed by atoms with Crippen molar-refractivity contribution in [3.63, 3.8) is 0 Å². The van der Waals surface area contributed by atoms with Crippen LogP contribution in [0, 0.1) is 0 Å². The third kappa shape index (κ3) is 11.9. The maximum absolute atomic E-state index is 13.1. The van der Waals surface area contributed by atoms with Crippen LogP contribution in [-0.4, -0.2) is 87.8 Å². The van der Waals surface area contributed by atoms with Crippen LogP contribution >= 0.6 is 11.8 Å². The van der Waals surface area contributed by atoms with Crippen LogP contribution in [0.4, 0.5) is 5.69 Å². The van der Waals surface area contributed by atoms with Crippen molar-refractivity contribution in [3.05, 3.63) is 69.6 Å². The molecule has 0 amide bonds. The number of thioether (sulfide) groups is 1. The highest BCUT2D eigenvalue weighted by Gasteiger charge is 2.35. The number of ether oxygens (including phenoxy) is 5. The average Bonchev–Trinajstić information content (AvgIpc) is 3.27. The first kappa shape index (κ1) is 34.3. The first-order chi connectivity index (χ1) is 20.4. The monoisotopic (exact) mass is 604 g/mol. The number of carbonyl (C=O) groups is 3. The first-order valence-corrected chi connectivity index (χ1v) is 13.9. The van der Waals surface area contributed by atoms with Gasteiger partial charge in [-0.2, -0.15) is 0 Å². The highest BCUT2D eigenvalue weighted by Crippen LogP contribution is 2.41. The second-order valence-corrected chi connectivity index (χ2v) is 9.21. The summed E-state index contributed by atoms with van der Waals surface area (Å²) in [6, 6.07) is 14.0. The third-order valence-corrected chi connectivity index (χ3v) is 6.21. The van der Waals surface area contributed by atoms with Crippen molar-refractivity contribution in [1.29, 1.82) is 0 Å². The number of hydrogen-bond donors (Lipinski definition) is 4. The normalized spacial score (nSPS) is 13.5. The number of rotatable bonds is 17. The summed E-state index contributed by atoms with van der Waals surface area (Å²) in [5.41, 5.74) is 6.59. The maximum atomic E-state index is 13.1. The van der Waals surface area contributed by atoms with Crippen LogP contribution < -0.4 is 15.8 Å². The van der Waals surface area contributed by atoms with Crippen LogP contribution in [0.25, 0.3) is 6.08 Å². The minimum absolute atomic E-state index is 0.0496. The van der Waals surface area contributed by atoms with Gasteiger partial charge in [-0.15, -0.1) is 0 Å². The molecule has 42 heavy (non-hydrogen) atoms. The molecule has 228 valence electrons. The zero-order valence-electron chi connectivity index (χ0n) is 23.3. The summed E-state index contributed by atoms with van der Waals surface area (Å²) in [6.45, 7) is 4.96. The van der Waals surface area contributed by atoms with Crippen LogP contribution in [0.15, 0.2) is 64.0 Å². The van der Waals surface area contributed by atoms with Crippen molar-refractivity contribution in [3.8, 4) is 11.5 Å². The molecule has 0 aliphatic carbocycles. The summed E-state index contributed by atoms with van der Waals surface area (Å²) in [6.07, 6.45) is 1.61. The molecule has 0 spiro atoms. The second kappa shape index (κ2) is 20.1. The molecule has 1 aliphatic rings. The van der Waals surface area contributed by atoms with Gasteiger partial charge >= 0.3 is 5.97 Å². The topological polar surface area (TPSA) is 176 Å². The number of carboxylic acid groups (broad SMARTS) is 1. The number of Topliss-reactive ketones (excluding diaryl/α,β-unsaturated/α-hetero) is 1. The Morgan fingerprint density at radius 1 is 0.976 bits per heavy atom. The van der Waals surface area contributed by atoms with Gasteiger partial charge in [0.25, 0.3) is 6.47 Å². The van der Waals surface area contributed by atoms with Gasteiger partial charge in [0.1, 0.15) is 12.2 Å². The number of phenols is 1. The lowest BCUT2D eigenvalue weighted by Crippen LogP contribution is -2.16. The molecule has 12 nitrogen and oxygen atoms in total. The van der Waals surface area contributed by atoms with E-state index in [1.165, 1.54) is 6.07 Å². The smallest absolute Gasteiger partial charge is 0.344 e. The van der Waals surface area contributed by atoms with Crippen molar-refractivity contribution in [2.75, 3.05) is 64.7 Å². The van der Waals surface area contributed by atoms with Crippen LogP contribution in [0.5, 0.6) is 11.5 Å². The van der Waals surface area contributed by atoms with Gasteiger partial charge in [0, 0.05) is 12.2 Å². The van der Waals surface area contributed by atoms with Crippen molar-refractivity contribution in [2.45, 2.75) is 6.92 Å². The Kier molecular flexibility index (Phi) is 16.4. The molecule has 5 N–H and O–H groups in total. The Morgan fingerprint density at radius 2 is 1.60 bits per heavy atom. The average molecular weight is 605 g/mol. The van der Waals surface area contributed by atoms with E-state index in [1.807, 2.05) is 30.3 Å². The predicted molar refractivity (Wildman–Crippen MR) is 158 cm³/mol. The molecule has 13 heteroatoms. The molecule has 0 bridgehead atoms. The van der Waals surface area contributed by atoms with Gasteiger partial charge in [0.2, 0.25) is 5.78 Å². The molecule has 0 fully saturated rings. The number of anilines is 1. The van der Waals surface area contributed by atoms with Gasteiger partial charge in [-0.1, -0.05) is 36.0 Å². The zero-order chi connectivity index (χ0) is 30.6. The Bertz CT molecular complexity index is 1200. The fourth-order valence-electron chi connectivity index (χ4n) is 3.39. The fourth-order valence-corrected chi connectivity index (χ4v) is 4.45. The van der Waals surface area contributed by atoms with Crippen molar-refractivity contribution in [1.82, 2.24) is 0 Å². The van der Waals surface area contributed by atoms with E-state index in [2.05, 4.69) is 5.32 Å². The molecule has 0 saturated carbocycles. The maximum Gasteiger partial charge on any atom is 0.344 e. The van der Waals surface area contributed by atoms with E-state index >= 15 is 0 Å². The molecule has 0 unspecified atom stereocenters. The third-order valence-electron chi connectivity index (χ3n) is 5.17. The quantitative estimate of drug-likeness (QED) is 0.0682. The van der Waals surface area contributed by atoms with E-state index in [4.69, 9.17) is 39.3 Å². The number of nitrogens with two attached hydrogens (primary N) is 1. The van der Waals surface area contributed by atoms with Gasteiger partial charge in [-0.05, 0) is 42.8 Å². The molecular formula is C29H36N2O10S. The van der Waals surface area contributed by atoms with Gasteiger partial charge in [0.15, 0.2) is 11.5 Å². The SMILES string of the molecule is CCOC(=O)C1=C(Nc2ccccc2)S/C(=C\c2ccc(OCCOCCOCCOCCN)c(O)c2)C1=O.O=CO. The van der Waals surface area contributed by atoms with E-state index in [9.17, 15) is 14.7 Å². The summed E-state index contributed by atoms with van der Waals surface area (Å²) < 4.78 is 26.7. The molecule has 0 saturated heterocycles. The Balaban J connectivity index is 0.00000197. The Morgan fingerprint density at radius 3 is 2.19 bits per heavy atom. The molecule has 1 heterocycles. The Hall–Kier alpha value is -3.88. The molecule has 3 rings (SSSR count). The summed E-state index contributed by atoms with van der Waals surface area (Å²) in [5.74, 6) is -0.923. The standard InChI is InChI=1S/C28H34N2O8S.CH2O2/c1-2-37-28(33)25-26(32)24(39-27(25)30-21-6-4-3-5-7-21)19-20-8-9-23(22(31)18-20)38-17-16-36-15-14-35-13-12-34-11-10-29;2-1-3/h3-9,18-19,30-31H,2,10-17,29H2,1H3;1H,(H,2,3)/b24-19-;. The van der Waals surface area contributed by atoms with Gasteiger partial charge in [-0.25, -0.2) is 4.79 Å². The van der Waals surface area contributed by atoms with Crippen molar-refractivity contribution >= 4 is 41.8 Å². The van der Waals surface area contributed by atoms with E-state index in [0.717, 1.165) is 17.4 Å². The summed E-state index contributed by atoms with van der Waals surface area (Å²) >= 11 is 1.14. The van der Waals surface area contributed by atoms with E-state index in [-0.39, 0.29) is 36.8 Å². The number of esters is 1. The number of ketones is 1. The van der Waals surface area contributed by atoms with Crippen LogP contribution in [0.3, 0.4) is 0 Å². The molecule has 0 aromatic heterocycles. The van der Waals surface area contributed by atoms with Crippen molar-refractivity contribution in [2.24, 2.45) is 5.73 Å². The summed E-state index contributed by atoms with van der Waals surface area (Å²) in [4.78, 5) is 34.3. The molecule has 2 aromatic rings.